The molecule has 0 atom stereocenters. The highest BCUT2D eigenvalue weighted by molar-refractivity contribution is 7.90. The van der Waals surface area contributed by atoms with Crippen LogP contribution in [0.5, 0.6) is 0 Å². The van der Waals surface area contributed by atoms with Gasteiger partial charge in [0, 0.05) is 28.7 Å². The van der Waals surface area contributed by atoms with E-state index >= 15 is 0 Å². The Balaban J connectivity index is 0.000000305. The first-order valence-corrected chi connectivity index (χ1v) is 11.9. The van der Waals surface area contributed by atoms with Crippen molar-refractivity contribution in [1.82, 2.24) is 9.55 Å². The van der Waals surface area contributed by atoms with Crippen LogP contribution in [0.1, 0.15) is 12.6 Å². The van der Waals surface area contributed by atoms with Gasteiger partial charge in [0.15, 0.2) is 9.84 Å². The maximum absolute atomic E-state index is 11.6. The van der Waals surface area contributed by atoms with Gasteiger partial charge in [-0.2, -0.15) is 0 Å². The van der Waals surface area contributed by atoms with Gasteiger partial charge in [-0.1, -0.05) is 42.8 Å². The summed E-state index contributed by atoms with van der Waals surface area (Å²) >= 11 is 5.96. The Morgan fingerprint density at radius 3 is 1.80 bits per heavy atom. The molecule has 0 aliphatic heterocycles. The van der Waals surface area contributed by atoms with Crippen molar-refractivity contribution >= 4 is 21.4 Å². The van der Waals surface area contributed by atoms with Crippen molar-refractivity contribution in [2.75, 3.05) is 6.26 Å². The third kappa shape index (κ3) is 4.18. The predicted molar refractivity (Wildman–Crippen MR) is 122 cm³/mol. The number of nitrogens with zero attached hydrogens (tertiary/aromatic N) is 2. The molecule has 1 aromatic heterocycles. The third-order valence-electron chi connectivity index (χ3n) is 4.98. The fourth-order valence-corrected chi connectivity index (χ4v) is 3.87. The summed E-state index contributed by atoms with van der Waals surface area (Å²) in [6.07, 6.45) is 3.99. The number of aromatic nitrogens is 2. The van der Waals surface area contributed by atoms with Gasteiger partial charge >= 0.3 is 0 Å². The summed E-state index contributed by atoms with van der Waals surface area (Å²) in [6, 6.07) is 22.8. The van der Waals surface area contributed by atoms with Gasteiger partial charge in [0.25, 0.3) is 0 Å². The molecule has 0 N–H and O–H groups in total. The summed E-state index contributed by atoms with van der Waals surface area (Å²) in [6.45, 7) is 2.05. The number of aryl methyl sites for hydroxylation is 1. The van der Waals surface area contributed by atoms with E-state index in [0.29, 0.717) is 9.92 Å². The molecule has 1 heterocycles. The molecule has 0 saturated carbocycles. The van der Waals surface area contributed by atoms with Crippen LogP contribution in [-0.2, 0) is 16.3 Å². The van der Waals surface area contributed by atoms with Gasteiger partial charge in [-0.15, -0.1) is 0 Å². The van der Waals surface area contributed by atoms with E-state index in [2.05, 4.69) is 29.2 Å². The number of hydrogen-bond acceptors (Lipinski definition) is 3. The molecule has 0 unspecified atom stereocenters. The van der Waals surface area contributed by atoms with E-state index in [4.69, 9.17) is 11.6 Å². The normalized spacial score (nSPS) is 11.6. The van der Waals surface area contributed by atoms with Gasteiger partial charge in [-0.25, -0.2) is 13.4 Å². The zero-order valence-corrected chi connectivity index (χ0v) is 18.3. The minimum absolute atomic E-state index is 0.301. The summed E-state index contributed by atoms with van der Waals surface area (Å²) in [5.41, 5.74) is 5.63. The molecule has 5 rings (SSSR count). The zero-order chi connectivity index (χ0) is 21.3. The number of sulfone groups is 1. The number of benzene rings is 3. The summed E-state index contributed by atoms with van der Waals surface area (Å²) in [5.74, 6) is 0.802. The Hall–Kier alpha value is -2.89. The monoisotopic (exact) mass is 436 g/mol. The second kappa shape index (κ2) is 8.09. The van der Waals surface area contributed by atoms with Gasteiger partial charge in [-0.3, -0.25) is 4.57 Å². The number of halogens is 1. The first kappa shape index (κ1) is 20.4. The molecule has 3 aromatic rings. The van der Waals surface area contributed by atoms with E-state index in [-0.39, 0.29) is 0 Å². The fourth-order valence-electron chi connectivity index (χ4n) is 3.12. The third-order valence-corrected chi connectivity index (χ3v) is 6.36. The molecule has 2 aromatic carbocycles. The maximum Gasteiger partial charge on any atom is 0.175 e. The summed E-state index contributed by atoms with van der Waals surface area (Å²) in [7, 11) is -3.21. The van der Waals surface area contributed by atoms with Gasteiger partial charge < -0.3 is 0 Å². The summed E-state index contributed by atoms with van der Waals surface area (Å²) in [5, 5.41) is 0.671. The molecule has 0 radical (unpaired) electrons. The van der Waals surface area contributed by atoms with Crippen LogP contribution in [0.3, 0.4) is 0 Å². The largest absolute Gasteiger partial charge is 0.300 e. The Labute approximate surface area is 181 Å². The Morgan fingerprint density at radius 2 is 1.37 bits per heavy atom. The highest BCUT2D eigenvalue weighted by Gasteiger charge is 2.13. The summed E-state index contributed by atoms with van der Waals surface area (Å²) < 4.78 is 25.2. The lowest BCUT2D eigenvalue weighted by Crippen LogP contribution is -1.99. The van der Waals surface area contributed by atoms with Crippen molar-refractivity contribution < 1.29 is 8.42 Å². The lowest BCUT2D eigenvalue weighted by Gasteiger charge is -2.10. The quantitative estimate of drug-likeness (QED) is 0.356. The highest BCUT2D eigenvalue weighted by Crippen LogP contribution is 2.29. The van der Waals surface area contributed by atoms with Crippen molar-refractivity contribution in [1.29, 1.82) is 0 Å². The molecule has 0 spiro atoms. The molecule has 6 heteroatoms. The number of imidazole rings is 1. The molecule has 0 amide bonds. The van der Waals surface area contributed by atoms with E-state index in [1.165, 1.54) is 17.4 Å². The van der Waals surface area contributed by atoms with Crippen molar-refractivity contribution in [3.8, 4) is 28.2 Å². The highest BCUT2D eigenvalue weighted by atomic mass is 35.5. The predicted octanol–water partition coefficient (Wildman–Crippen LogP) is 5.83. The number of rotatable bonds is 4. The lowest BCUT2D eigenvalue weighted by molar-refractivity contribution is 0.602. The van der Waals surface area contributed by atoms with Crippen LogP contribution >= 0.6 is 11.6 Å². The van der Waals surface area contributed by atoms with Crippen molar-refractivity contribution in [2.24, 2.45) is 0 Å². The molecular weight excluding hydrogens is 416 g/mol. The van der Waals surface area contributed by atoms with Crippen LogP contribution in [0, 0.1) is 0 Å². The van der Waals surface area contributed by atoms with Gasteiger partial charge in [0.1, 0.15) is 5.82 Å². The van der Waals surface area contributed by atoms with Crippen LogP contribution < -0.4 is 0 Å². The van der Waals surface area contributed by atoms with E-state index in [1.807, 2.05) is 42.0 Å². The smallest absolute Gasteiger partial charge is 0.175 e. The van der Waals surface area contributed by atoms with Crippen LogP contribution in [0.4, 0.5) is 0 Å². The molecule has 0 fully saturated rings. The van der Waals surface area contributed by atoms with E-state index in [9.17, 15) is 8.42 Å². The molecule has 2 aliphatic carbocycles. The minimum atomic E-state index is -3.21. The summed E-state index contributed by atoms with van der Waals surface area (Å²) in [4.78, 5) is 4.98. The van der Waals surface area contributed by atoms with Gasteiger partial charge in [0.2, 0.25) is 0 Å². The van der Waals surface area contributed by atoms with Crippen LogP contribution in [0.25, 0.3) is 28.2 Å². The average molecular weight is 437 g/mol. The van der Waals surface area contributed by atoms with Gasteiger partial charge in [0.05, 0.1) is 10.6 Å². The standard InChI is InChI=1S/C18H17ClN2O2S.C6H4/c1-3-15-12-21(16-8-10-17(11-9-16)24(2,22)23)18(20-15)13-4-6-14(19)7-5-13;1-2-6-4-3-5(1)6/h4-12H,3H2,1-2H3;1-4H. The molecule has 4 nitrogen and oxygen atoms in total. The van der Waals surface area contributed by atoms with Crippen LogP contribution in [0.2, 0.25) is 5.02 Å². The number of hydrogen-bond donors (Lipinski definition) is 0. The molecule has 152 valence electrons. The SMILES string of the molecule is CCc1cn(-c2ccc(S(C)(=O)=O)cc2)c(-c2ccc(Cl)cc2)n1.c1cc2ccc1-2. The van der Waals surface area contributed by atoms with Crippen molar-refractivity contribution in [3.63, 3.8) is 0 Å². The van der Waals surface area contributed by atoms with Crippen LogP contribution in [0.15, 0.2) is 83.9 Å². The van der Waals surface area contributed by atoms with Crippen molar-refractivity contribution in [2.45, 2.75) is 18.2 Å². The van der Waals surface area contributed by atoms with E-state index < -0.39 is 9.84 Å². The number of fused-ring (bicyclic) bond motifs is 1. The molecule has 0 saturated heterocycles. The average Bonchev–Trinajstić information content (AvgIpc) is 3.16. The van der Waals surface area contributed by atoms with Crippen LogP contribution in [-0.4, -0.2) is 24.2 Å². The van der Waals surface area contributed by atoms with E-state index in [1.54, 1.807) is 24.3 Å². The Kier molecular flexibility index (Phi) is 5.50. The first-order valence-electron chi connectivity index (χ1n) is 9.60. The Bertz CT molecular complexity index is 1250. The zero-order valence-electron chi connectivity index (χ0n) is 16.7. The van der Waals surface area contributed by atoms with Crippen molar-refractivity contribution in [3.05, 3.63) is 89.7 Å². The topological polar surface area (TPSA) is 52.0 Å². The van der Waals surface area contributed by atoms with Gasteiger partial charge in [-0.05, 0) is 66.1 Å². The second-order valence-corrected chi connectivity index (χ2v) is 9.58. The fraction of sp³-hybridized carbons (Fsp3) is 0.125. The minimum Gasteiger partial charge on any atom is -0.300 e. The lowest BCUT2D eigenvalue weighted by atomic mass is 9.95. The molecular formula is C24H21ClN2O2S. The first-order chi connectivity index (χ1) is 14.3. The maximum atomic E-state index is 11.6. The molecule has 0 bridgehead atoms. The molecule has 2 aliphatic rings. The second-order valence-electron chi connectivity index (χ2n) is 7.13. The van der Waals surface area contributed by atoms with E-state index in [0.717, 1.165) is 29.2 Å². The Morgan fingerprint density at radius 1 is 0.833 bits per heavy atom. The molecule has 30 heavy (non-hydrogen) atoms.